The third kappa shape index (κ3) is 2.72. The number of benzene rings is 1. The van der Waals surface area contributed by atoms with Crippen LogP contribution in [-0.4, -0.2) is 18.6 Å². The van der Waals surface area contributed by atoms with Crippen molar-refractivity contribution < 1.29 is 9.53 Å². The van der Waals surface area contributed by atoms with E-state index in [2.05, 4.69) is 17.4 Å². The zero-order valence-electron chi connectivity index (χ0n) is 10.5. The fraction of sp³-hybridized carbons (Fsp3) is 0.533. The van der Waals surface area contributed by atoms with E-state index in [9.17, 15) is 4.79 Å². The van der Waals surface area contributed by atoms with E-state index in [0.29, 0.717) is 6.61 Å². The van der Waals surface area contributed by atoms with Crippen LogP contribution in [0.25, 0.3) is 0 Å². The number of esters is 1. The first-order valence-corrected chi connectivity index (χ1v) is 6.80. The van der Waals surface area contributed by atoms with Gasteiger partial charge in [-0.15, -0.1) is 0 Å². The number of carbonyl (C=O) groups excluding carboxylic acids is 1. The lowest BCUT2D eigenvalue weighted by Crippen LogP contribution is -2.42. The molecule has 1 aromatic carbocycles. The van der Waals surface area contributed by atoms with Crippen molar-refractivity contribution in [1.29, 1.82) is 0 Å². The molecule has 1 atom stereocenters. The van der Waals surface area contributed by atoms with Gasteiger partial charge in [-0.3, -0.25) is 4.79 Å². The van der Waals surface area contributed by atoms with Crippen molar-refractivity contribution in [3.05, 3.63) is 35.4 Å². The van der Waals surface area contributed by atoms with Crippen LogP contribution in [0.3, 0.4) is 0 Å². The van der Waals surface area contributed by atoms with E-state index in [1.807, 2.05) is 12.1 Å². The van der Waals surface area contributed by atoms with Crippen molar-refractivity contribution >= 4 is 5.97 Å². The second-order valence-electron chi connectivity index (χ2n) is 5.31. The lowest BCUT2D eigenvalue weighted by Gasteiger charge is -2.24. The van der Waals surface area contributed by atoms with Gasteiger partial charge in [0.1, 0.15) is 6.04 Å². The van der Waals surface area contributed by atoms with Gasteiger partial charge < -0.3 is 10.1 Å². The molecule has 1 aliphatic carbocycles. The van der Waals surface area contributed by atoms with Crippen LogP contribution in [0.15, 0.2) is 24.3 Å². The van der Waals surface area contributed by atoms with Gasteiger partial charge >= 0.3 is 5.97 Å². The summed E-state index contributed by atoms with van der Waals surface area (Å²) in [7, 11) is 0. The summed E-state index contributed by atoms with van der Waals surface area (Å²) < 4.78 is 5.35. The Morgan fingerprint density at radius 1 is 1.28 bits per heavy atom. The van der Waals surface area contributed by atoms with E-state index in [-0.39, 0.29) is 12.0 Å². The van der Waals surface area contributed by atoms with Crippen molar-refractivity contribution in [3.63, 3.8) is 0 Å². The molecule has 96 valence electrons. The molecule has 3 nitrogen and oxygen atoms in total. The molecule has 18 heavy (non-hydrogen) atoms. The number of hydrogen-bond donors (Lipinski definition) is 1. The quantitative estimate of drug-likeness (QED) is 0.825. The molecule has 0 saturated heterocycles. The fourth-order valence-corrected chi connectivity index (χ4v) is 2.45. The van der Waals surface area contributed by atoms with Crippen LogP contribution in [0, 0.1) is 5.92 Å². The minimum absolute atomic E-state index is 0.0925. The first kappa shape index (κ1) is 11.7. The molecule has 1 fully saturated rings. The number of rotatable bonds is 4. The van der Waals surface area contributed by atoms with Crippen molar-refractivity contribution in [2.24, 2.45) is 5.92 Å². The summed E-state index contributed by atoms with van der Waals surface area (Å²) in [5.41, 5.74) is 2.56. The minimum Gasteiger partial charge on any atom is -0.465 e. The first-order chi connectivity index (χ1) is 8.83. The molecule has 3 heteroatoms. The summed E-state index contributed by atoms with van der Waals surface area (Å²) in [4.78, 5) is 11.9. The highest BCUT2D eigenvalue weighted by molar-refractivity contribution is 5.76. The Bertz CT molecular complexity index is 440. The maximum atomic E-state index is 11.9. The lowest BCUT2D eigenvalue weighted by molar-refractivity contribution is -0.146. The highest BCUT2D eigenvalue weighted by atomic mass is 16.5. The van der Waals surface area contributed by atoms with E-state index >= 15 is 0 Å². The van der Waals surface area contributed by atoms with Gasteiger partial charge in [0, 0.05) is 6.54 Å². The summed E-state index contributed by atoms with van der Waals surface area (Å²) in [6.07, 6.45) is 4.41. The maximum Gasteiger partial charge on any atom is 0.323 e. The zero-order valence-corrected chi connectivity index (χ0v) is 10.5. The summed E-state index contributed by atoms with van der Waals surface area (Å²) in [6.45, 7) is 1.35. The van der Waals surface area contributed by atoms with Crippen molar-refractivity contribution in [2.75, 3.05) is 6.61 Å². The summed E-state index contributed by atoms with van der Waals surface area (Å²) in [5, 5.41) is 3.25. The SMILES string of the molecule is O=C(OCCC1CC1)[C@H]1Cc2ccccc2CN1. The Hall–Kier alpha value is -1.35. The summed E-state index contributed by atoms with van der Waals surface area (Å²) >= 11 is 0. The molecule has 0 spiro atoms. The van der Waals surface area contributed by atoms with Gasteiger partial charge in [-0.05, 0) is 29.9 Å². The predicted molar refractivity (Wildman–Crippen MR) is 69.1 cm³/mol. The predicted octanol–water partition coefficient (Wildman–Crippen LogP) is 2.04. The van der Waals surface area contributed by atoms with Crippen molar-refractivity contribution in [3.8, 4) is 0 Å². The molecule has 3 rings (SSSR count). The third-order valence-electron chi connectivity index (χ3n) is 3.83. The van der Waals surface area contributed by atoms with Crippen LogP contribution in [0.4, 0.5) is 0 Å². The molecule has 1 heterocycles. The smallest absolute Gasteiger partial charge is 0.323 e. The van der Waals surface area contributed by atoms with Crippen LogP contribution in [0.5, 0.6) is 0 Å². The van der Waals surface area contributed by atoms with E-state index in [1.165, 1.54) is 24.0 Å². The monoisotopic (exact) mass is 245 g/mol. The normalized spacial score (nSPS) is 22.3. The van der Waals surface area contributed by atoms with Crippen LogP contribution in [0.2, 0.25) is 0 Å². The molecule has 1 aliphatic heterocycles. The summed E-state index contributed by atoms with van der Waals surface area (Å²) in [6, 6.07) is 8.10. The van der Waals surface area contributed by atoms with E-state index < -0.39 is 0 Å². The zero-order chi connectivity index (χ0) is 12.4. The van der Waals surface area contributed by atoms with Gasteiger partial charge in [0.2, 0.25) is 0 Å². The van der Waals surface area contributed by atoms with Gasteiger partial charge in [0.05, 0.1) is 6.61 Å². The topological polar surface area (TPSA) is 38.3 Å². The van der Waals surface area contributed by atoms with Gasteiger partial charge in [-0.25, -0.2) is 0 Å². The molecule has 0 bridgehead atoms. The summed E-state index contributed by atoms with van der Waals surface area (Å²) in [5.74, 6) is 0.725. The average molecular weight is 245 g/mol. The third-order valence-corrected chi connectivity index (χ3v) is 3.83. The molecule has 1 aromatic rings. The Balaban J connectivity index is 1.52. The molecule has 0 unspecified atom stereocenters. The second kappa shape index (κ2) is 5.11. The molecular weight excluding hydrogens is 226 g/mol. The number of carbonyl (C=O) groups is 1. The van der Waals surface area contributed by atoms with E-state index in [4.69, 9.17) is 4.74 Å². The highest BCUT2D eigenvalue weighted by Crippen LogP contribution is 2.32. The van der Waals surface area contributed by atoms with Crippen molar-refractivity contribution in [1.82, 2.24) is 5.32 Å². The largest absolute Gasteiger partial charge is 0.465 e. The Kier molecular flexibility index (Phi) is 3.33. The maximum absolute atomic E-state index is 11.9. The Morgan fingerprint density at radius 2 is 2.06 bits per heavy atom. The average Bonchev–Trinajstić information content (AvgIpc) is 3.22. The second-order valence-corrected chi connectivity index (χ2v) is 5.31. The fourth-order valence-electron chi connectivity index (χ4n) is 2.45. The molecule has 0 radical (unpaired) electrons. The van der Waals surface area contributed by atoms with Crippen molar-refractivity contribution in [2.45, 2.75) is 38.3 Å². The lowest BCUT2D eigenvalue weighted by atomic mass is 9.96. The van der Waals surface area contributed by atoms with E-state index in [0.717, 1.165) is 25.3 Å². The number of fused-ring (bicyclic) bond motifs is 1. The van der Waals surface area contributed by atoms with Gasteiger partial charge in [-0.2, -0.15) is 0 Å². The minimum atomic E-state index is -0.167. The molecule has 1 N–H and O–H groups in total. The standard InChI is InChI=1S/C15H19NO2/c17-15(18-8-7-11-5-6-11)14-9-12-3-1-2-4-13(12)10-16-14/h1-4,11,14,16H,5-10H2/t14-/m1/s1. The Labute approximate surface area is 108 Å². The van der Waals surface area contributed by atoms with Crippen LogP contribution in [0.1, 0.15) is 30.4 Å². The van der Waals surface area contributed by atoms with Crippen LogP contribution >= 0.6 is 0 Å². The van der Waals surface area contributed by atoms with Crippen LogP contribution < -0.4 is 5.32 Å². The molecule has 1 saturated carbocycles. The number of hydrogen-bond acceptors (Lipinski definition) is 3. The highest BCUT2D eigenvalue weighted by Gasteiger charge is 2.26. The molecule has 2 aliphatic rings. The first-order valence-electron chi connectivity index (χ1n) is 6.80. The Morgan fingerprint density at radius 3 is 2.83 bits per heavy atom. The molecular formula is C15H19NO2. The van der Waals surface area contributed by atoms with Gasteiger partial charge in [0.15, 0.2) is 0 Å². The van der Waals surface area contributed by atoms with E-state index in [1.54, 1.807) is 0 Å². The number of ether oxygens (including phenoxy) is 1. The molecule has 0 aromatic heterocycles. The van der Waals surface area contributed by atoms with Gasteiger partial charge in [-0.1, -0.05) is 37.1 Å². The van der Waals surface area contributed by atoms with Gasteiger partial charge in [0.25, 0.3) is 0 Å². The number of nitrogens with one attached hydrogen (secondary N) is 1. The van der Waals surface area contributed by atoms with Crippen LogP contribution in [-0.2, 0) is 22.5 Å². The molecule has 0 amide bonds.